The monoisotopic (exact) mass is 290 g/mol. The molecular formula is C19H34Si. The van der Waals surface area contributed by atoms with E-state index in [9.17, 15) is 0 Å². The molecule has 0 atom stereocenters. The third kappa shape index (κ3) is 7.28. The van der Waals surface area contributed by atoms with Gasteiger partial charge in [0.1, 0.15) is 0 Å². The van der Waals surface area contributed by atoms with Crippen molar-refractivity contribution >= 4 is 14.7 Å². The highest BCUT2D eigenvalue weighted by atomic mass is 28.2. The molecule has 0 radical (unpaired) electrons. The molecule has 114 valence electrons. The van der Waals surface area contributed by atoms with Crippen LogP contribution in [0.5, 0.6) is 0 Å². The zero-order valence-corrected chi connectivity index (χ0v) is 15.4. The Bertz CT molecular complexity index is 357. The maximum absolute atomic E-state index is 2.36. The van der Waals surface area contributed by atoms with E-state index in [2.05, 4.69) is 39.0 Å². The molecule has 0 nitrogen and oxygen atoms in total. The molecule has 0 aromatic heterocycles. The summed E-state index contributed by atoms with van der Waals surface area (Å²) >= 11 is 0. The zero-order valence-electron chi connectivity index (χ0n) is 14.0. The summed E-state index contributed by atoms with van der Waals surface area (Å²) in [5.74, 6) is 0. The lowest BCUT2D eigenvalue weighted by Gasteiger charge is -2.08. The first-order chi connectivity index (χ1) is 9.75. The van der Waals surface area contributed by atoms with Crippen molar-refractivity contribution in [2.75, 3.05) is 0 Å². The molecule has 0 saturated carbocycles. The largest absolute Gasteiger partial charge is 0.0654 e. The number of unbranched alkanes of at least 4 members (excludes halogenated alkanes) is 8. The van der Waals surface area contributed by atoms with Crippen molar-refractivity contribution in [1.82, 2.24) is 0 Å². The zero-order chi connectivity index (χ0) is 14.6. The van der Waals surface area contributed by atoms with E-state index < -0.39 is 0 Å². The Hall–Kier alpha value is -0.563. The van der Waals surface area contributed by atoms with Crippen molar-refractivity contribution in [2.45, 2.75) is 84.6 Å². The maximum atomic E-state index is 2.36. The maximum Gasteiger partial charge on any atom is 0.0551 e. The Labute approximate surface area is 129 Å². The summed E-state index contributed by atoms with van der Waals surface area (Å²) in [6.07, 6.45) is 13.0. The number of rotatable bonds is 11. The van der Waals surface area contributed by atoms with Gasteiger partial charge in [0.15, 0.2) is 0 Å². The average molecular weight is 291 g/mol. The van der Waals surface area contributed by atoms with Gasteiger partial charge in [-0.25, -0.2) is 0 Å². The lowest BCUT2D eigenvalue weighted by molar-refractivity contribution is 0.572. The summed E-state index contributed by atoms with van der Waals surface area (Å²) < 4.78 is 0. The summed E-state index contributed by atoms with van der Waals surface area (Å²) in [7, 11) is -0.0125. The first kappa shape index (κ1) is 17.5. The van der Waals surface area contributed by atoms with Gasteiger partial charge in [-0.05, 0) is 25.0 Å². The van der Waals surface area contributed by atoms with Gasteiger partial charge in [-0.1, -0.05) is 94.1 Å². The van der Waals surface area contributed by atoms with Crippen LogP contribution in [-0.2, 0) is 0 Å². The van der Waals surface area contributed by atoms with E-state index in [0.717, 1.165) is 0 Å². The fourth-order valence-corrected chi connectivity index (χ4v) is 4.83. The molecule has 1 rings (SSSR count). The molecular weight excluding hydrogens is 256 g/mol. The quantitative estimate of drug-likeness (QED) is 0.395. The van der Waals surface area contributed by atoms with Crippen LogP contribution in [0.1, 0.15) is 75.8 Å². The standard InChI is InChI=1S/C19H34Si/c1-4-5-6-7-8-9-10-11-12-16-20-19-15-13-14-17(2)18(19)3/h13-15H,4-12,16,20H2,1-3H3. The van der Waals surface area contributed by atoms with Gasteiger partial charge in [0.05, 0.1) is 9.52 Å². The predicted octanol–water partition coefficient (Wildman–Crippen LogP) is 5.05. The molecule has 0 aliphatic rings. The molecule has 0 saturated heterocycles. The van der Waals surface area contributed by atoms with Gasteiger partial charge in [-0.2, -0.15) is 0 Å². The van der Waals surface area contributed by atoms with Gasteiger partial charge in [0.25, 0.3) is 0 Å². The SMILES string of the molecule is CCCCCCCCCCC[SiH2]c1cccc(C)c1C. The second-order valence-electron chi connectivity index (χ2n) is 6.29. The van der Waals surface area contributed by atoms with Crippen LogP contribution in [0.15, 0.2) is 18.2 Å². The van der Waals surface area contributed by atoms with Crippen molar-refractivity contribution < 1.29 is 0 Å². The second kappa shape index (κ2) is 11.1. The first-order valence-electron chi connectivity index (χ1n) is 8.80. The minimum absolute atomic E-state index is 0.0125. The van der Waals surface area contributed by atoms with Crippen LogP contribution >= 0.6 is 0 Å². The van der Waals surface area contributed by atoms with Gasteiger partial charge in [-0.15, -0.1) is 0 Å². The smallest absolute Gasteiger partial charge is 0.0551 e. The van der Waals surface area contributed by atoms with E-state index in [4.69, 9.17) is 0 Å². The summed E-state index contributed by atoms with van der Waals surface area (Å²) in [5.41, 5.74) is 3.04. The molecule has 0 aliphatic carbocycles. The van der Waals surface area contributed by atoms with Crippen molar-refractivity contribution in [3.63, 3.8) is 0 Å². The Morgan fingerprint density at radius 1 is 0.800 bits per heavy atom. The molecule has 0 aliphatic heterocycles. The summed E-state index contributed by atoms with van der Waals surface area (Å²) in [6.45, 7) is 6.83. The van der Waals surface area contributed by atoms with Crippen LogP contribution in [0, 0.1) is 13.8 Å². The van der Waals surface area contributed by atoms with Crippen molar-refractivity contribution in [2.24, 2.45) is 0 Å². The second-order valence-corrected chi connectivity index (χ2v) is 8.26. The molecule has 1 heteroatoms. The molecule has 1 aromatic rings. The number of benzene rings is 1. The van der Waals surface area contributed by atoms with Gasteiger partial charge < -0.3 is 0 Å². The van der Waals surface area contributed by atoms with Gasteiger partial charge in [0, 0.05) is 0 Å². The Morgan fingerprint density at radius 3 is 2.05 bits per heavy atom. The third-order valence-electron chi connectivity index (χ3n) is 4.52. The molecule has 1 aromatic carbocycles. The topological polar surface area (TPSA) is 0 Å². The summed E-state index contributed by atoms with van der Waals surface area (Å²) in [4.78, 5) is 0. The van der Waals surface area contributed by atoms with Crippen LogP contribution < -0.4 is 5.19 Å². The van der Waals surface area contributed by atoms with Crippen LogP contribution in [0.25, 0.3) is 0 Å². The molecule has 0 N–H and O–H groups in total. The molecule has 0 unspecified atom stereocenters. The van der Waals surface area contributed by atoms with E-state index in [-0.39, 0.29) is 9.52 Å². The van der Waals surface area contributed by atoms with Crippen LogP contribution in [0.3, 0.4) is 0 Å². The molecule has 0 heterocycles. The van der Waals surface area contributed by atoms with Crippen molar-refractivity contribution in [1.29, 1.82) is 0 Å². The molecule has 0 spiro atoms. The van der Waals surface area contributed by atoms with E-state index >= 15 is 0 Å². The third-order valence-corrected chi connectivity index (χ3v) is 6.67. The predicted molar refractivity (Wildman–Crippen MR) is 96.1 cm³/mol. The molecule has 0 fully saturated rings. The Balaban J connectivity index is 1.98. The molecule has 20 heavy (non-hydrogen) atoms. The lowest BCUT2D eigenvalue weighted by Crippen LogP contribution is -2.17. The fourth-order valence-electron chi connectivity index (χ4n) is 2.89. The highest BCUT2D eigenvalue weighted by Gasteiger charge is 2.01. The number of hydrogen-bond donors (Lipinski definition) is 0. The van der Waals surface area contributed by atoms with Crippen LogP contribution in [0.2, 0.25) is 6.04 Å². The van der Waals surface area contributed by atoms with Crippen LogP contribution in [-0.4, -0.2) is 9.52 Å². The number of hydrogen-bond acceptors (Lipinski definition) is 0. The lowest BCUT2D eigenvalue weighted by atomic mass is 10.1. The minimum Gasteiger partial charge on any atom is -0.0654 e. The summed E-state index contributed by atoms with van der Waals surface area (Å²) in [6, 6.07) is 8.34. The highest BCUT2D eigenvalue weighted by Crippen LogP contribution is 2.11. The van der Waals surface area contributed by atoms with E-state index in [1.54, 1.807) is 10.8 Å². The minimum atomic E-state index is -0.0125. The van der Waals surface area contributed by atoms with E-state index in [1.807, 2.05) is 0 Å². The Morgan fingerprint density at radius 2 is 1.40 bits per heavy atom. The Kier molecular flexibility index (Phi) is 9.74. The average Bonchev–Trinajstić information content (AvgIpc) is 2.45. The normalized spacial score (nSPS) is 11.6. The highest BCUT2D eigenvalue weighted by molar-refractivity contribution is 6.54. The van der Waals surface area contributed by atoms with E-state index in [0.29, 0.717) is 0 Å². The molecule has 0 bridgehead atoms. The van der Waals surface area contributed by atoms with E-state index in [1.165, 1.54) is 69.4 Å². The molecule has 0 amide bonds. The van der Waals surface area contributed by atoms with Crippen molar-refractivity contribution in [3.05, 3.63) is 29.3 Å². The number of aryl methyl sites for hydroxylation is 1. The first-order valence-corrected chi connectivity index (χ1v) is 10.5. The van der Waals surface area contributed by atoms with Gasteiger partial charge in [-0.3, -0.25) is 0 Å². The van der Waals surface area contributed by atoms with Crippen molar-refractivity contribution in [3.8, 4) is 0 Å². The van der Waals surface area contributed by atoms with Gasteiger partial charge >= 0.3 is 0 Å². The fraction of sp³-hybridized carbons (Fsp3) is 0.684. The van der Waals surface area contributed by atoms with Gasteiger partial charge in [0.2, 0.25) is 0 Å². The summed E-state index contributed by atoms with van der Waals surface area (Å²) in [5, 5.41) is 1.70. The van der Waals surface area contributed by atoms with Crippen LogP contribution in [0.4, 0.5) is 0 Å².